The van der Waals surface area contributed by atoms with Gasteiger partial charge in [-0.1, -0.05) is 18.2 Å². The normalized spacial score (nSPS) is 15.2. The lowest BCUT2D eigenvalue weighted by atomic mass is 10.1. The number of benzene rings is 1. The van der Waals surface area contributed by atoms with Crippen molar-refractivity contribution < 1.29 is 4.79 Å². The van der Waals surface area contributed by atoms with Gasteiger partial charge in [-0.2, -0.15) is 0 Å². The highest BCUT2D eigenvalue weighted by Gasteiger charge is 2.15. The van der Waals surface area contributed by atoms with Gasteiger partial charge < -0.3 is 15.1 Å². The van der Waals surface area contributed by atoms with Crippen LogP contribution in [0, 0.1) is 0 Å². The lowest BCUT2D eigenvalue weighted by Crippen LogP contribution is -2.44. The molecule has 4 rings (SSSR count). The molecule has 1 amide bonds. The molecule has 132 valence electrons. The van der Waals surface area contributed by atoms with E-state index in [2.05, 4.69) is 32.1 Å². The van der Waals surface area contributed by atoms with E-state index < -0.39 is 0 Å². The number of likely N-dealkylation sites (N-methyl/N-ethyl adjacent to an activating group) is 1. The van der Waals surface area contributed by atoms with Crippen molar-refractivity contribution in [3.05, 3.63) is 60.4 Å². The van der Waals surface area contributed by atoms with Crippen LogP contribution in [0.2, 0.25) is 0 Å². The van der Waals surface area contributed by atoms with Crippen LogP contribution >= 0.6 is 0 Å². The van der Waals surface area contributed by atoms with Gasteiger partial charge in [-0.3, -0.25) is 9.78 Å². The molecule has 1 N–H and O–H groups in total. The topological polar surface area (TPSA) is 61.4 Å². The number of nitrogens with one attached hydrogen (secondary N) is 1. The number of anilines is 2. The predicted molar refractivity (Wildman–Crippen MR) is 104 cm³/mol. The smallest absolute Gasteiger partial charge is 0.259 e. The third-order valence-corrected chi connectivity index (χ3v) is 4.74. The Morgan fingerprint density at radius 3 is 2.58 bits per heavy atom. The molecule has 0 unspecified atom stereocenters. The van der Waals surface area contributed by atoms with E-state index in [4.69, 9.17) is 0 Å². The van der Waals surface area contributed by atoms with Gasteiger partial charge in [-0.25, -0.2) is 4.98 Å². The number of nitrogens with zero attached hydrogens (tertiary/aromatic N) is 4. The van der Waals surface area contributed by atoms with Gasteiger partial charge in [0.15, 0.2) is 0 Å². The SMILES string of the molecule is CN1CCN(c2ccc(NC(=O)c3cccc4cccnc34)nc2)CC1. The first-order chi connectivity index (χ1) is 12.7. The number of piperazine rings is 1. The van der Waals surface area contributed by atoms with E-state index in [0.29, 0.717) is 16.9 Å². The average molecular weight is 347 g/mol. The van der Waals surface area contributed by atoms with Crippen molar-refractivity contribution in [2.75, 3.05) is 43.4 Å². The second-order valence-electron chi connectivity index (χ2n) is 6.53. The minimum Gasteiger partial charge on any atom is -0.368 e. The van der Waals surface area contributed by atoms with Crippen LogP contribution in [0.25, 0.3) is 10.9 Å². The summed E-state index contributed by atoms with van der Waals surface area (Å²) in [6.07, 6.45) is 3.52. The van der Waals surface area contributed by atoms with Crippen molar-refractivity contribution in [3.63, 3.8) is 0 Å². The zero-order chi connectivity index (χ0) is 17.9. The quantitative estimate of drug-likeness (QED) is 0.789. The Labute approximate surface area is 152 Å². The number of hydrogen-bond acceptors (Lipinski definition) is 5. The summed E-state index contributed by atoms with van der Waals surface area (Å²) in [5.74, 6) is 0.343. The van der Waals surface area contributed by atoms with Crippen LogP contribution in [0.5, 0.6) is 0 Å². The fraction of sp³-hybridized carbons (Fsp3) is 0.250. The van der Waals surface area contributed by atoms with Crippen LogP contribution in [0.1, 0.15) is 10.4 Å². The molecular formula is C20H21N5O. The Balaban J connectivity index is 1.49. The lowest BCUT2D eigenvalue weighted by Gasteiger charge is -2.33. The zero-order valence-corrected chi connectivity index (χ0v) is 14.7. The summed E-state index contributed by atoms with van der Waals surface area (Å²) in [4.78, 5) is 26.0. The predicted octanol–water partition coefficient (Wildman–Crippen LogP) is 2.63. The fourth-order valence-electron chi connectivity index (χ4n) is 3.18. The Morgan fingerprint density at radius 2 is 1.81 bits per heavy atom. The summed E-state index contributed by atoms with van der Waals surface area (Å²) in [7, 11) is 2.14. The van der Waals surface area contributed by atoms with Crippen LogP contribution in [0.15, 0.2) is 54.9 Å². The molecule has 26 heavy (non-hydrogen) atoms. The minimum atomic E-state index is -0.200. The van der Waals surface area contributed by atoms with Gasteiger partial charge in [0.05, 0.1) is 23.0 Å². The summed E-state index contributed by atoms with van der Waals surface area (Å²) in [6.45, 7) is 4.08. The maximum Gasteiger partial charge on any atom is 0.259 e. The molecule has 0 spiro atoms. The van der Waals surface area contributed by atoms with Gasteiger partial charge in [-0.15, -0.1) is 0 Å². The summed E-state index contributed by atoms with van der Waals surface area (Å²) in [5.41, 5.74) is 2.33. The highest BCUT2D eigenvalue weighted by Crippen LogP contribution is 2.19. The third-order valence-electron chi connectivity index (χ3n) is 4.74. The monoisotopic (exact) mass is 347 g/mol. The van der Waals surface area contributed by atoms with E-state index in [0.717, 1.165) is 37.3 Å². The van der Waals surface area contributed by atoms with Crippen LogP contribution in [-0.2, 0) is 0 Å². The van der Waals surface area contributed by atoms with Crippen LogP contribution < -0.4 is 10.2 Å². The molecular weight excluding hydrogens is 326 g/mol. The molecule has 1 aliphatic heterocycles. The van der Waals surface area contributed by atoms with E-state index in [-0.39, 0.29) is 5.91 Å². The van der Waals surface area contributed by atoms with E-state index in [9.17, 15) is 4.79 Å². The third kappa shape index (κ3) is 3.36. The van der Waals surface area contributed by atoms with E-state index in [1.54, 1.807) is 12.3 Å². The van der Waals surface area contributed by atoms with Crippen molar-refractivity contribution in [3.8, 4) is 0 Å². The van der Waals surface area contributed by atoms with Gasteiger partial charge in [0.2, 0.25) is 0 Å². The van der Waals surface area contributed by atoms with Crippen molar-refractivity contribution in [1.82, 2.24) is 14.9 Å². The second-order valence-corrected chi connectivity index (χ2v) is 6.53. The van der Waals surface area contributed by atoms with Crippen molar-refractivity contribution >= 4 is 28.3 Å². The van der Waals surface area contributed by atoms with Crippen LogP contribution in [-0.4, -0.2) is 54.0 Å². The molecule has 2 aromatic heterocycles. The Kier molecular flexibility index (Phi) is 4.50. The number of fused-ring (bicyclic) bond motifs is 1. The van der Waals surface area contributed by atoms with Gasteiger partial charge in [0, 0.05) is 37.8 Å². The minimum absolute atomic E-state index is 0.200. The molecule has 0 bridgehead atoms. The highest BCUT2D eigenvalue weighted by molar-refractivity contribution is 6.11. The summed E-state index contributed by atoms with van der Waals surface area (Å²) in [5, 5.41) is 3.81. The van der Waals surface area contributed by atoms with Gasteiger partial charge >= 0.3 is 0 Å². The first-order valence-electron chi connectivity index (χ1n) is 8.75. The molecule has 0 atom stereocenters. The fourth-order valence-corrected chi connectivity index (χ4v) is 3.18. The van der Waals surface area contributed by atoms with Crippen molar-refractivity contribution in [2.24, 2.45) is 0 Å². The molecule has 0 aliphatic carbocycles. The van der Waals surface area contributed by atoms with Gasteiger partial charge in [0.1, 0.15) is 5.82 Å². The number of amides is 1. The number of carbonyl (C=O) groups excluding carboxylic acids is 1. The number of carbonyl (C=O) groups is 1. The number of para-hydroxylation sites is 1. The van der Waals surface area contributed by atoms with E-state index in [1.165, 1.54) is 0 Å². The van der Waals surface area contributed by atoms with Crippen LogP contribution in [0.4, 0.5) is 11.5 Å². The molecule has 6 heteroatoms. The molecule has 1 fully saturated rings. The summed E-state index contributed by atoms with van der Waals surface area (Å²) < 4.78 is 0. The maximum atomic E-state index is 12.6. The first-order valence-corrected chi connectivity index (χ1v) is 8.75. The van der Waals surface area contributed by atoms with Gasteiger partial charge in [-0.05, 0) is 31.3 Å². The molecule has 6 nitrogen and oxygen atoms in total. The highest BCUT2D eigenvalue weighted by atomic mass is 16.1. The Hall–Kier alpha value is -2.99. The van der Waals surface area contributed by atoms with Gasteiger partial charge in [0.25, 0.3) is 5.91 Å². The molecule has 1 saturated heterocycles. The van der Waals surface area contributed by atoms with Crippen molar-refractivity contribution in [2.45, 2.75) is 0 Å². The lowest BCUT2D eigenvalue weighted by molar-refractivity contribution is 0.102. The number of hydrogen-bond donors (Lipinski definition) is 1. The molecule has 3 heterocycles. The Morgan fingerprint density at radius 1 is 1.00 bits per heavy atom. The summed E-state index contributed by atoms with van der Waals surface area (Å²) in [6, 6.07) is 13.3. The Bertz CT molecular complexity index is 912. The maximum absolute atomic E-state index is 12.6. The molecule has 1 aliphatic rings. The zero-order valence-electron chi connectivity index (χ0n) is 14.7. The largest absolute Gasteiger partial charge is 0.368 e. The molecule has 1 aromatic carbocycles. The number of pyridine rings is 2. The van der Waals surface area contributed by atoms with Crippen LogP contribution in [0.3, 0.4) is 0 Å². The molecule has 3 aromatic rings. The summed E-state index contributed by atoms with van der Waals surface area (Å²) >= 11 is 0. The molecule has 0 saturated carbocycles. The number of rotatable bonds is 3. The standard InChI is InChI=1S/C20H21N5O/c1-24-10-12-25(13-11-24)16-7-8-18(22-14-16)23-20(26)17-6-2-4-15-5-3-9-21-19(15)17/h2-9,14H,10-13H2,1H3,(H,22,23,26). The number of aromatic nitrogens is 2. The van der Waals surface area contributed by atoms with E-state index in [1.807, 2.05) is 42.6 Å². The second kappa shape index (κ2) is 7.09. The first kappa shape index (κ1) is 16.5. The van der Waals surface area contributed by atoms with E-state index >= 15 is 0 Å². The average Bonchev–Trinajstić information content (AvgIpc) is 2.69. The van der Waals surface area contributed by atoms with Crippen molar-refractivity contribution in [1.29, 1.82) is 0 Å². The molecule has 0 radical (unpaired) electrons.